The summed E-state index contributed by atoms with van der Waals surface area (Å²) in [6.07, 6.45) is 0. The monoisotopic (exact) mass is 446 g/mol. The van der Waals surface area contributed by atoms with E-state index in [1.165, 1.54) is 0 Å². The highest BCUT2D eigenvalue weighted by atomic mass is 35.5. The van der Waals surface area contributed by atoms with E-state index in [0.29, 0.717) is 17.3 Å². The minimum atomic E-state index is -0.192. The molecular weight excluding hydrogens is 424 g/mol. The van der Waals surface area contributed by atoms with Gasteiger partial charge < -0.3 is 19.5 Å². The Balaban J connectivity index is 1.26. The van der Waals surface area contributed by atoms with Gasteiger partial charge in [0.2, 0.25) is 0 Å². The van der Waals surface area contributed by atoms with E-state index in [-0.39, 0.29) is 12.5 Å². The normalized spacial score (nSPS) is 13.1. The molecule has 1 aliphatic heterocycles. The average molecular weight is 447 g/mol. The highest BCUT2D eigenvalue weighted by Crippen LogP contribution is 2.27. The third-order valence-corrected chi connectivity index (χ3v) is 5.90. The van der Waals surface area contributed by atoms with Gasteiger partial charge in [0.1, 0.15) is 11.6 Å². The number of fused-ring (bicyclic) bond motifs is 3. The largest absolute Gasteiger partial charge is 0.483 e. The van der Waals surface area contributed by atoms with E-state index in [1.807, 2.05) is 67.6 Å². The molecule has 7 heteroatoms. The molecule has 1 aliphatic rings. The number of ether oxygens (including phenoxy) is 1. The van der Waals surface area contributed by atoms with Gasteiger partial charge in [0.05, 0.1) is 17.6 Å². The predicted octanol–water partition coefficient (Wildman–Crippen LogP) is 5.04. The highest BCUT2D eigenvalue weighted by Gasteiger charge is 2.21. The van der Waals surface area contributed by atoms with Crippen molar-refractivity contribution in [3.8, 4) is 5.75 Å². The van der Waals surface area contributed by atoms with Crippen LogP contribution in [0.4, 0.5) is 11.4 Å². The quantitative estimate of drug-likeness (QED) is 0.466. The molecule has 32 heavy (non-hydrogen) atoms. The number of aryl methyl sites for hydroxylation is 1. The van der Waals surface area contributed by atoms with E-state index in [2.05, 4.69) is 20.9 Å². The molecule has 0 bridgehead atoms. The number of hydrogen-bond donors (Lipinski definition) is 1. The van der Waals surface area contributed by atoms with Gasteiger partial charge in [-0.1, -0.05) is 35.9 Å². The Bertz CT molecular complexity index is 1300. The third kappa shape index (κ3) is 4.14. The van der Waals surface area contributed by atoms with E-state index in [1.54, 1.807) is 0 Å². The molecule has 6 nitrogen and oxygen atoms in total. The lowest BCUT2D eigenvalue weighted by Gasteiger charge is -2.30. The van der Waals surface area contributed by atoms with E-state index in [9.17, 15) is 4.79 Å². The van der Waals surface area contributed by atoms with E-state index in [4.69, 9.17) is 21.3 Å². The Morgan fingerprint density at radius 1 is 1.09 bits per heavy atom. The number of anilines is 2. The number of para-hydroxylation sites is 1. The second kappa shape index (κ2) is 8.55. The van der Waals surface area contributed by atoms with Crippen LogP contribution in [0.3, 0.4) is 0 Å². The Morgan fingerprint density at radius 3 is 2.84 bits per heavy atom. The fraction of sp³-hybridized carbons (Fsp3) is 0.200. The van der Waals surface area contributed by atoms with Crippen molar-refractivity contribution in [3.05, 3.63) is 83.1 Å². The lowest BCUT2D eigenvalue weighted by atomic mass is 10.2. The first kappa shape index (κ1) is 20.4. The molecule has 4 aromatic rings. The van der Waals surface area contributed by atoms with Gasteiger partial charge in [-0.05, 0) is 55.0 Å². The molecule has 5 rings (SSSR count). The molecule has 1 N–H and O–H groups in total. The van der Waals surface area contributed by atoms with Gasteiger partial charge >= 0.3 is 0 Å². The summed E-state index contributed by atoms with van der Waals surface area (Å²) in [6.45, 7) is 4.31. The number of carbonyl (C=O) groups excluding carboxylic acids is 1. The minimum Gasteiger partial charge on any atom is -0.483 e. The summed E-state index contributed by atoms with van der Waals surface area (Å²) in [5.41, 5.74) is 4.81. The van der Waals surface area contributed by atoms with Crippen LogP contribution in [0.2, 0.25) is 5.02 Å². The Hall–Kier alpha value is -3.51. The Kier molecular flexibility index (Phi) is 5.45. The molecule has 0 saturated carbocycles. The Labute approximate surface area is 191 Å². The maximum Gasteiger partial charge on any atom is 0.262 e. The van der Waals surface area contributed by atoms with Crippen molar-refractivity contribution in [2.75, 3.05) is 23.4 Å². The number of benzene rings is 3. The number of nitrogens with zero attached hydrogens (tertiary/aromatic N) is 3. The number of nitrogens with one attached hydrogen (secondary N) is 1. The summed E-state index contributed by atoms with van der Waals surface area (Å²) < 4.78 is 7.90. The van der Waals surface area contributed by atoms with Gasteiger partial charge in [0, 0.05) is 29.5 Å². The van der Waals surface area contributed by atoms with Crippen molar-refractivity contribution in [2.45, 2.75) is 20.0 Å². The van der Waals surface area contributed by atoms with Crippen molar-refractivity contribution >= 4 is 39.9 Å². The smallest absolute Gasteiger partial charge is 0.262 e. The molecule has 0 fully saturated rings. The minimum absolute atomic E-state index is 0.0363. The first-order chi connectivity index (χ1) is 15.6. The van der Waals surface area contributed by atoms with Gasteiger partial charge in [0.25, 0.3) is 5.91 Å². The van der Waals surface area contributed by atoms with Crippen molar-refractivity contribution < 1.29 is 9.53 Å². The molecule has 1 amide bonds. The molecule has 0 atom stereocenters. The number of carbonyl (C=O) groups is 1. The highest BCUT2D eigenvalue weighted by molar-refractivity contribution is 6.31. The van der Waals surface area contributed by atoms with Crippen LogP contribution in [0, 0.1) is 6.92 Å². The van der Waals surface area contributed by atoms with Gasteiger partial charge in [-0.15, -0.1) is 0 Å². The topological polar surface area (TPSA) is 59.4 Å². The zero-order valence-electron chi connectivity index (χ0n) is 17.7. The van der Waals surface area contributed by atoms with Crippen LogP contribution in [-0.4, -0.2) is 28.6 Å². The van der Waals surface area contributed by atoms with Gasteiger partial charge in [-0.25, -0.2) is 4.98 Å². The zero-order chi connectivity index (χ0) is 22.1. The van der Waals surface area contributed by atoms with Gasteiger partial charge in [-0.2, -0.15) is 0 Å². The summed E-state index contributed by atoms with van der Waals surface area (Å²) in [5, 5.41) is 3.63. The van der Waals surface area contributed by atoms with Gasteiger partial charge in [-0.3, -0.25) is 4.79 Å². The average Bonchev–Trinajstić information content (AvgIpc) is 3.15. The number of halogens is 1. The Morgan fingerprint density at radius 2 is 1.97 bits per heavy atom. The van der Waals surface area contributed by atoms with E-state index in [0.717, 1.165) is 46.9 Å². The van der Waals surface area contributed by atoms with Crippen LogP contribution in [0.1, 0.15) is 11.4 Å². The van der Waals surface area contributed by atoms with Crippen LogP contribution in [0.15, 0.2) is 66.7 Å². The summed E-state index contributed by atoms with van der Waals surface area (Å²) in [5.74, 6) is 1.53. The number of aromatic nitrogens is 2. The summed E-state index contributed by atoms with van der Waals surface area (Å²) in [4.78, 5) is 19.4. The molecular formula is C25H23ClN4O2. The number of amides is 1. The van der Waals surface area contributed by atoms with Crippen LogP contribution < -0.4 is 15.0 Å². The second-order valence-electron chi connectivity index (χ2n) is 7.89. The zero-order valence-corrected chi connectivity index (χ0v) is 18.5. The first-order valence-corrected chi connectivity index (χ1v) is 10.9. The van der Waals surface area contributed by atoms with Crippen molar-refractivity contribution in [1.82, 2.24) is 9.55 Å². The molecule has 3 aromatic carbocycles. The van der Waals surface area contributed by atoms with Crippen molar-refractivity contribution in [2.24, 2.45) is 0 Å². The maximum atomic E-state index is 12.4. The number of rotatable bonds is 5. The summed E-state index contributed by atoms with van der Waals surface area (Å²) >= 11 is 6.13. The molecule has 0 saturated heterocycles. The van der Waals surface area contributed by atoms with E-state index < -0.39 is 0 Å². The van der Waals surface area contributed by atoms with Crippen LogP contribution >= 0.6 is 11.6 Å². The third-order valence-electron chi connectivity index (χ3n) is 5.66. The summed E-state index contributed by atoms with van der Waals surface area (Å²) in [7, 11) is 0. The fourth-order valence-electron chi connectivity index (χ4n) is 4.05. The second-order valence-corrected chi connectivity index (χ2v) is 8.32. The molecule has 0 radical (unpaired) electrons. The predicted molar refractivity (Wildman–Crippen MR) is 128 cm³/mol. The fourth-order valence-corrected chi connectivity index (χ4v) is 4.22. The maximum absolute atomic E-state index is 12.4. The number of hydrogen-bond acceptors (Lipinski definition) is 4. The van der Waals surface area contributed by atoms with Crippen LogP contribution in [0.5, 0.6) is 5.75 Å². The molecule has 2 heterocycles. The lowest BCUT2D eigenvalue weighted by Crippen LogP contribution is -2.33. The molecule has 0 unspecified atom stereocenters. The molecule has 162 valence electrons. The standard InChI is InChI=1S/C25H23ClN4O2/c1-17-5-2-3-8-23(17)32-16-25(31)27-19-6-4-7-20(14-19)29-11-12-30-22-10-9-18(26)13-21(22)28-24(30)15-29/h2-10,13-14H,11-12,15-16H2,1H3,(H,27,31). The van der Waals surface area contributed by atoms with Crippen molar-refractivity contribution in [1.29, 1.82) is 0 Å². The SMILES string of the molecule is Cc1ccccc1OCC(=O)Nc1cccc(N2CCn3c(nc4cc(Cl)ccc43)C2)c1. The van der Waals surface area contributed by atoms with Crippen LogP contribution in [0.25, 0.3) is 11.0 Å². The van der Waals surface area contributed by atoms with Crippen molar-refractivity contribution in [3.63, 3.8) is 0 Å². The van der Waals surface area contributed by atoms with Gasteiger partial charge in [0.15, 0.2) is 6.61 Å². The molecule has 0 aliphatic carbocycles. The molecule has 1 aromatic heterocycles. The van der Waals surface area contributed by atoms with E-state index >= 15 is 0 Å². The lowest BCUT2D eigenvalue weighted by molar-refractivity contribution is -0.118. The van der Waals surface area contributed by atoms with Crippen LogP contribution in [-0.2, 0) is 17.9 Å². The molecule has 0 spiro atoms. The summed E-state index contributed by atoms with van der Waals surface area (Å²) in [6, 6.07) is 21.4. The first-order valence-electron chi connectivity index (χ1n) is 10.5. The number of imidazole rings is 1.